The summed E-state index contributed by atoms with van der Waals surface area (Å²) in [6.07, 6.45) is 2.27. The van der Waals surface area contributed by atoms with E-state index >= 15 is 0 Å². The summed E-state index contributed by atoms with van der Waals surface area (Å²) in [4.78, 5) is 15.6. The second-order valence-electron chi connectivity index (χ2n) is 4.71. The van der Waals surface area contributed by atoms with E-state index in [4.69, 9.17) is 0 Å². The highest BCUT2D eigenvalue weighted by molar-refractivity contribution is 14.1. The summed E-state index contributed by atoms with van der Waals surface area (Å²) >= 11 is 4.39. The first-order valence-electron chi connectivity index (χ1n) is 5.63. The van der Waals surface area contributed by atoms with Gasteiger partial charge in [-0.05, 0) is 72.4 Å². The Morgan fingerprint density at radius 3 is 2.61 bits per heavy atom. The number of imidazole rings is 1. The predicted octanol–water partition coefficient (Wildman–Crippen LogP) is 2.32. The van der Waals surface area contributed by atoms with Gasteiger partial charge in [-0.15, -0.1) is 0 Å². The van der Waals surface area contributed by atoms with E-state index in [1.807, 2.05) is 18.4 Å². The molecular formula is C11H17I2N3O2. The van der Waals surface area contributed by atoms with Crippen LogP contribution in [0, 0.1) is 7.40 Å². The van der Waals surface area contributed by atoms with Gasteiger partial charge in [-0.3, -0.25) is 10.1 Å². The summed E-state index contributed by atoms with van der Waals surface area (Å²) in [5, 5.41) is 12.5. The molecule has 1 aromatic heterocycles. The molecule has 7 heteroatoms. The smallest absolute Gasteiger partial charge is 0.323 e. The Balaban J connectivity index is 2.74. The van der Waals surface area contributed by atoms with Gasteiger partial charge in [0.15, 0.2) is 0 Å². The number of aliphatic carboxylic acids is 1. The van der Waals surface area contributed by atoms with E-state index in [-0.39, 0.29) is 6.04 Å². The molecule has 18 heavy (non-hydrogen) atoms. The Labute approximate surface area is 134 Å². The standard InChI is InChI=1S/C11H17I2N3O2/c1-7(2)15-11(3,10(17)18)4-5-16-6-14-8(12)9(16)13/h6-7,15H,4-5H2,1-3H3,(H,17,18). The van der Waals surface area contributed by atoms with Crippen molar-refractivity contribution in [3.63, 3.8) is 0 Å². The molecular weight excluding hydrogens is 460 g/mol. The summed E-state index contributed by atoms with van der Waals surface area (Å²) in [6, 6.07) is 0.132. The van der Waals surface area contributed by atoms with Crippen molar-refractivity contribution in [1.82, 2.24) is 14.9 Å². The number of rotatable bonds is 6. The molecule has 1 atom stereocenters. The molecule has 0 radical (unpaired) electrons. The van der Waals surface area contributed by atoms with Gasteiger partial charge >= 0.3 is 5.97 Å². The highest BCUT2D eigenvalue weighted by Crippen LogP contribution is 2.17. The number of hydrogen-bond acceptors (Lipinski definition) is 3. The fourth-order valence-electron chi connectivity index (χ4n) is 1.72. The van der Waals surface area contributed by atoms with Gasteiger partial charge in [0, 0.05) is 12.6 Å². The van der Waals surface area contributed by atoms with E-state index in [0.29, 0.717) is 13.0 Å². The van der Waals surface area contributed by atoms with Crippen LogP contribution in [0.1, 0.15) is 27.2 Å². The fraction of sp³-hybridized carbons (Fsp3) is 0.636. The molecule has 1 heterocycles. The van der Waals surface area contributed by atoms with Gasteiger partial charge in [0.25, 0.3) is 0 Å². The van der Waals surface area contributed by atoms with Gasteiger partial charge in [-0.2, -0.15) is 0 Å². The molecule has 102 valence electrons. The van der Waals surface area contributed by atoms with Gasteiger partial charge < -0.3 is 9.67 Å². The van der Waals surface area contributed by atoms with E-state index in [2.05, 4.69) is 55.5 Å². The molecule has 2 N–H and O–H groups in total. The molecule has 0 bridgehead atoms. The van der Waals surface area contributed by atoms with Gasteiger partial charge in [-0.1, -0.05) is 0 Å². The second-order valence-corrected chi connectivity index (χ2v) is 6.75. The van der Waals surface area contributed by atoms with Gasteiger partial charge in [0.05, 0.1) is 6.33 Å². The number of carboxylic acids is 1. The van der Waals surface area contributed by atoms with Crippen LogP contribution in [0.15, 0.2) is 6.33 Å². The fourth-order valence-corrected chi connectivity index (χ4v) is 2.66. The highest BCUT2D eigenvalue weighted by atomic mass is 127. The molecule has 0 aromatic carbocycles. The average Bonchev–Trinajstić information content (AvgIpc) is 2.56. The van der Waals surface area contributed by atoms with E-state index in [0.717, 1.165) is 7.40 Å². The average molecular weight is 477 g/mol. The predicted molar refractivity (Wildman–Crippen MR) is 86.6 cm³/mol. The monoisotopic (exact) mass is 477 g/mol. The van der Waals surface area contributed by atoms with Crippen molar-refractivity contribution in [2.75, 3.05) is 0 Å². The van der Waals surface area contributed by atoms with Crippen LogP contribution in [0.3, 0.4) is 0 Å². The lowest BCUT2D eigenvalue weighted by Crippen LogP contribution is -2.52. The van der Waals surface area contributed by atoms with E-state index in [1.54, 1.807) is 13.3 Å². The first-order chi connectivity index (χ1) is 8.26. The highest BCUT2D eigenvalue weighted by Gasteiger charge is 2.33. The third kappa shape index (κ3) is 4.05. The van der Waals surface area contributed by atoms with Gasteiger partial charge in [0.1, 0.15) is 12.9 Å². The lowest BCUT2D eigenvalue weighted by Gasteiger charge is -2.28. The quantitative estimate of drug-likeness (QED) is 0.618. The number of aromatic nitrogens is 2. The van der Waals surface area contributed by atoms with E-state index < -0.39 is 11.5 Å². The zero-order valence-electron chi connectivity index (χ0n) is 10.6. The van der Waals surface area contributed by atoms with Crippen molar-refractivity contribution in [2.24, 2.45) is 0 Å². The zero-order valence-corrected chi connectivity index (χ0v) is 14.9. The van der Waals surface area contributed by atoms with Crippen LogP contribution in [0.5, 0.6) is 0 Å². The third-order valence-electron chi connectivity index (χ3n) is 2.66. The molecule has 0 aliphatic rings. The van der Waals surface area contributed by atoms with Crippen LogP contribution in [-0.2, 0) is 11.3 Å². The number of halogens is 2. The zero-order chi connectivity index (χ0) is 13.9. The lowest BCUT2D eigenvalue weighted by molar-refractivity contribution is -0.144. The number of carboxylic acid groups (broad SMARTS) is 1. The van der Waals surface area contributed by atoms with Gasteiger partial charge in [-0.25, -0.2) is 4.98 Å². The molecule has 0 spiro atoms. The number of hydrogen-bond donors (Lipinski definition) is 2. The van der Waals surface area contributed by atoms with Crippen LogP contribution in [0.25, 0.3) is 0 Å². The molecule has 0 aliphatic heterocycles. The minimum absolute atomic E-state index is 0.132. The SMILES string of the molecule is CC(C)NC(C)(CCn1cnc(I)c1I)C(=O)O. The Bertz CT molecular complexity index is 434. The molecule has 1 aromatic rings. The molecule has 0 aliphatic carbocycles. The molecule has 5 nitrogen and oxygen atoms in total. The number of carbonyl (C=O) groups is 1. The Hall–Kier alpha value is 0.1000. The van der Waals surface area contributed by atoms with Gasteiger partial charge in [0.2, 0.25) is 0 Å². The first-order valence-corrected chi connectivity index (χ1v) is 7.79. The number of aryl methyl sites for hydroxylation is 1. The number of nitrogens with zero attached hydrogens (tertiary/aromatic N) is 2. The Morgan fingerprint density at radius 2 is 2.22 bits per heavy atom. The van der Waals surface area contributed by atoms with Crippen molar-refractivity contribution in [1.29, 1.82) is 0 Å². The van der Waals surface area contributed by atoms with Crippen LogP contribution in [0.4, 0.5) is 0 Å². The largest absolute Gasteiger partial charge is 0.480 e. The molecule has 0 amide bonds. The maximum absolute atomic E-state index is 11.4. The normalized spacial score (nSPS) is 14.8. The Morgan fingerprint density at radius 1 is 1.61 bits per heavy atom. The maximum atomic E-state index is 11.4. The Kier molecular flexibility index (Phi) is 5.84. The minimum Gasteiger partial charge on any atom is -0.480 e. The number of nitrogens with one attached hydrogen (secondary N) is 1. The van der Waals surface area contributed by atoms with Crippen molar-refractivity contribution in [3.8, 4) is 0 Å². The van der Waals surface area contributed by atoms with Crippen LogP contribution in [-0.4, -0.2) is 32.2 Å². The molecule has 0 fully saturated rings. The van der Waals surface area contributed by atoms with Crippen LogP contribution < -0.4 is 5.32 Å². The van der Waals surface area contributed by atoms with Crippen molar-refractivity contribution in [3.05, 3.63) is 13.7 Å². The lowest BCUT2D eigenvalue weighted by atomic mass is 9.97. The summed E-state index contributed by atoms with van der Waals surface area (Å²) < 4.78 is 3.97. The molecule has 1 rings (SSSR count). The van der Waals surface area contributed by atoms with E-state index in [9.17, 15) is 9.90 Å². The molecule has 1 unspecified atom stereocenters. The topological polar surface area (TPSA) is 67.2 Å². The minimum atomic E-state index is -0.910. The molecule has 0 saturated heterocycles. The first kappa shape index (κ1) is 16.2. The summed E-state index contributed by atoms with van der Waals surface area (Å²) in [6.45, 7) is 6.26. The summed E-state index contributed by atoms with van der Waals surface area (Å²) in [7, 11) is 0. The van der Waals surface area contributed by atoms with Crippen LogP contribution >= 0.6 is 45.2 Å². The van der Waals surface area contributed by atoms with Crippen molar-refractivity contribution >= 4 is 51.2 Å². The van der Waals surface area contributed by atoms with Crippen molar-refractivity contribution < 1.29 is 9.90 Å². The summed E-state index contributed by atoms with van der Waals surface area (Å²) in [5.41, 5.74) is -0.910. The van der Waals surface area contributed by atoms with E-state index in [1.165, 1.54) is 0 Å². The second kappa shape index (κ2) is 6.51. The van der Waals surface area contributed by atoms with Crippen LogP contribution in [0.2, 0.25) is 0 Å². The molecule has 0 saturated carbocycles. The van der Waals surface area contributed by atoms with Crippen molar-refractivity contribution in [2.45, 2.75) is 45.3 Å². The summed E-state index contributed by atoms with van der Waals surface area (Å²) in [5.74, 6) is -0.818. The maximum Gasteiger partial charge on any atom is 0.323 e. The third-order valence-corrected chi connectivity index (χ3v) is 5.62.